The lowest BCUT2D eigenvalue weighted by Gasteiger charge is -2.48. The van der Waals surface area contributed by atoms with Gasteiger partial charge in [-0.25, -0.2) is 0 Å². The van der Waals surface area contributed by atoms with E-state index in [2.05, 4.69) is 50.6 Å². The molecular formula is C20H25N. The van der Waals surface area contributed by atoms with Crippen LogP contribution in [-0.4, -0.2) is 4.98 Å². The van der Waals surface area contributed by atoms with Crippen LogP contribution in [0.4, 0.5) is 0 Å². The van der Waals surface area contributed by atoms with E-state index in [1.54, 1.807) is 0 Å². The molecule has 2 aliphatic rings. The van der Waals surface area contributed by atoms with Crippen LogP contribution in [0.15, 0.2) is 54.4 Å². The normalized spacial score (nSPS) is 34.5. The summed E-state index contributed by atoms with van der Waals surface area (Å²) in [6, 6.07) is 4.16. The van der Waals surface area contributed by atoms with Crippen molar-refractivity contribution in [1.82, 2.24) is 4.98 Å². The SMILES string of the molecule is C=C1/C(=C(\C)c2cccnc2)CCC2[C@H](C)CC=CC12C. The Bertz CT molecular complexity index is 608. The Labute approximate surface area is 128 Å². The first-order valence-electron chi connectivity index (χ1n) is 8.01. The lowest BCUT2D eigenvalue weighted by atomic mass is 9.56. The van der Waals surface area contributed by atoms with E-state index < -0.39 is 0 Å². The highest BCUT2D eigenvalue weighted by molar-refractivity contribution is 5.71. The van der Waals surface area contributed by atoms with Crippen LogP contribution in [0.2, 0.25) is 0 Å². The molecule has 0 radical (unpaired) electrons. The van der Waals surface area contributed by atoms with E-state index in [9.17, 15) is 0 Å². The van der Waals surface area contributed by atoms with Gasteiger partial charge < -0.3 is 0 Å². The fourth-order valence-corrected chi connectivity index (χ4v) is 4.26. The van der Waals surface area contributed by atoms with Crippen LogP contribution >= 0.6 is 0 Å². The summed E-state index contributed by atoms with van der Waals surface area (Å²) in [6.07, 6.45) is 12.2. The van der Waals surface area contributed by atoms with Crippen LogP contribution in [0, 0.1) is 17.3 Å². The van der Waals surface area contributed by atoms with Gasteiger partial charge in [0.25, 0.3) is 0 Å². The number of hydrogen-bond acceptors (Lipinski definition) is 1. The van der Waals surface area contributed by atoms with Crippen molar-refractivity contribution in [3.63, 3.8) is 0 Å². The molecule has 0 aliphatic heterocycles. The van der Waals surface area contributed by atoms with Crippen LogP contribution in [0.3, 0.4) is 0 Å². The van der Waals surface area contributed by atoms with Gasteiger partial charge in [-0.05, 0) is 66.4 Å². The van der Waals surface area contributed by atoms with Crippen molar-refractivity contribution in [2.75, 3.05) is 0 Å². The minimum Gasteiger partial charge on any atom is -0.264 e. The van der Waals surface area contributed by atoms with Crippen molar-refractivity contribution in [3.8, 4) is 0 Å². The van der Waals surface area contributed by atoms with Crippen LogP contribution in [0.25, 0.3) is 5.57 Å². The van der Waals surface area contributed by atoms with Crippen molar-refractivity contribution in [3.05, 3.63) is 60.0 Å². The quantitative estimate of drug-likeness (QED) is 0.625. The molecule has 21 heavy (non-hydrogen) atoms. The number of fused-ring (bicyclic) bond motifs is 1. The Hall–Kier alpha value is -1.63. The van der Waals surface area contributed by atoms with Gasteiger partial charge in [0, 0.05) is 17.8 Å². The first-order chi connectivity index (χ1) is 10.0. The Morgan fingerprint density at radius 2 is 2.24 bits per heavy atom. The van der Waals surface area contributed by atoms with Gasteiger partial charge in [0.1, 0.15) is 0 Å². The predicted octanol–water partition coefficient (Wildman–Crippen LogP) is 5.42. The molecule has 0 N–H and O–H groups in total. The van der Waals surface area contributed by atoms with Crippen molar-refractivity contribution < 1.29 is 0 Å². The third kappa shape index (κ3) is 2.29. The zero-order valence-corrected chi connectivity index (χ0v) is 13.4. The summed E-state index contributed by atoms with van der Waals surface area (Å²) in [5, 5.41) is 0. The predicted molar refractivity (Wildman–Crippen MR) is 89.7 cm³/mol. The summed E-state index contributed by atoms with van der Waals surface area (Å²) in [5.74, 6) is 1.50. The first-order valence-corrected chi connectivity index (χ1v) is 8.01. The number of allylic oxidation sites excluding steroid dienone is 5. The van der Waals surface area contributed by atoms with Gasteiger partial charge in [-0.2, -0.15) is 0 Å². The minimum atomic E-state index is 0.134. The van der Waals surface area contributed by atoms with Crippen LogP contribution in [-0.2, 0) is 0 Å². The monoisotopic (exact) mass is 279 g/mol. The smallest absolute Gasteiger partial charge is 0.0343 e. The first kappa shape index (κ1) is 14.3. The highest BCUT2D eigenvalue weighted by atomic mass is 14.6. The molecule has 1 aromatic rings. The van der Waals surface area contributed by atoms with Gasteiger partial charge in [0.2, 0.25) is 0 Å². The Morgan fingerprint density at radius 1 is 1.43 bits per heavy atom. The molecule has 1 aromatic heterocycles. The van der Waals surface area contributed by atoms with Gasteiger partial charge in [-0.1, -0.05) is 38.6 Å². The Kier molecular flexibility index (Phi) is 3.61. The van der Waals surface area contributed by atoms with Gasteiger partial charge >= 0.3 is 0 Å². The molecule has 0 saturated heterocycles. The van der Waals surface area contributed by atoms with Crippen LogP contribution in [0.1, 0.15) is 45.6 Å². The van der Waals surface area contributed by atoms with Gasteiger partial charge in [0.15, 0.2) is 0 Å². The molecule has 0 spiro atoms. The van der Waals surface area contributed by atoms with E-state index in [4.69, 9.17) is 0 Å². The molecule has 1 fully saturated rings. The maximum absolute atomic E-state index is 4.50. The maximum Gasteiger partial charge on any atom is 0.0343 e. The van der Waals surface area contributed by atoms with Crippen LogP contribution in [0.5, 0.6) is 0 Å². The summed E-state index contributed by atoms with van der Waals surface area (Å²) in [5.41, 5.74) is 5.47. The molecule has 0 amide bonds. The molecule has 110 valence electrons. The molecule has 1 heterocycles. The zero-order valence-electron chi connectivity index (χ0n) is 13.4. The van der Waals surface area contributed by atoms with E-state index >= 15 is 0 Å². The van der Waals surface area contributed by atoms with Gasteiger partial charge in [-0.3, -0.25) is 4.98 Å². The van der Waals surface area contributed by atoms with Crippen LogP contribution < -0.4 is 0 Å². The largest absolute Gasteiger partial charge is 0.264 e. The summed E-state index contributed by atoms with van der Waals surface area (Å²) in [7, 11) is 0. The van der Waals surface area contributed by atoms with E-state index in [1.165, 1.54) is 35.1 Å². The highest BCUT2D eigenvalue weighted by Gasteiger charge is 2.43. The minimum absolute atomic E-state index is 0.134. The highest BCUT2D eigenvalue weighted by Crippen LogP contribution is 2.54. The lowest BCUT2D eigenvalue weighted by molar-refractivity contribution is 0.175. The van der Waals surface area contributed by atoms with Crippen molar-refractivity contribution in [2.45, 2.75) is 40.0 Å². The standard InChI is InChI=1S/C20H25N/c1-14-7-5-11-20(4)16(3)18(9-10-19(14)20)15(2)17-8-6-12-21-13-17/h5-6,8,11-14,19H,3,7,9-10H2,1-2,4H3/b18-15+/t14-,19?,20?/m1/s1. The second-order valence-electron chi connectivity index (χ2n) is 6.87. The molecule has 2 aliphatic carbocycles. The molecule has 3 rings (SSSR count). The molecule has 1 nitrogen and oxygen atoms in total. The van der Waals surface area contributed by atoms with Gasteiger partial charge in [0.05, 0.1) is 0 Å². The number of aromatic nitrogens is 1. The second-order valence-corrected chi connectivity index (χ2v) is 6.87. The van der Waals surface area contributed by atoms with E-state index in [0.29, 0.717) is 0 Å². The third-order valence-electron chi connectivity index (χ3n) is 5.70. The molecule has 1 heteroatoms. The van der Waals surface area contributed by atoms with Gasteiger partial charge in [-0.15, -0.1) is 0 Å². The lowest BCUT2D eigenvalue weighted by Crippen LogP contribution is -2.38. The van der Waals surface area contributed by atoms with Crippen molar-refractivity contribution in [2.24, 2.45) is 17.3 Å². The molecule has 0 bridgehead atoms. The Morgan fingerprint density at radius 3 is 2.95 bits per heavy atom. The fourth-order valence-electron chi connectivity index (χ4n) is 4.26. The summed E-state index contributed by atoms with van der Waals surface area (Å²) in [4.78, 5) is 4.26. The number of pyridine rings is 1. The average molecular weight is 279 g/mol. The average Bonchev–Trinajstić information content (AvgIpc) is 2.49. The summed E-state index contributed by atoms with van der Waals surface area (Å²) >= 11 is 0. The van der Waals surface area contributed by atoms with Crippen molar-refractivity contribution >= 4 is 5.57 Å². The molecule has 1 saturated carbocycles. The number of hydrogen-bond donors (Lipinski definition) is 0. The number of nitrogens with zero attached hydrogens (tertiary/aromatic N) is 1. The molecular weight excluding hydrogens is 254 g/mol. The molecule has 2 unspecified atom stereocenters. The summed E-state index contributed by atoms with van der Waals surface area (Å²) in [6.45, 7) is 11.5. The summed E-state index contributed by atoms with van der Waals surface area (Å²) < 4.78 is 0. The third-order valence-corrected chi connectivity index (χ3v) is 5.70. The topological polar surface area (TPSA) is 12.9 Å². The maximum atomic E-state index is 4.50. The van der Waals surface area contributed by atoms with E-state index in [1.807, 2.05) is 18.5 Å². The second kappa shape index (κ2) is 5.29. The van der Waals surface area contributed by atoms with Crippen molar-refractivity contribution in [1.29, 1.82) is 0 Å². The fraction of sp³-hybridized carbons (Fsp3) is 0.450. The molecule has 0 aromatic carbocycles. The van der Waals surface area contributed by atoms with E-state index in [0.717, 1.165) is 18.3 Å². The molecule has 3 atom stereocenters. The Balaban J connectivity index is 2.03. The zero-order chi connectivity index (χ0) is 15.0. The van der Waals surface area contributed by atoms with E-state index in [-0.39, 0.29) is 5.41 Å². The number of rotatable bonds is 1.